The van der Waals surface area contributed by atoms with Gasteiger partial charge in [0.1, 0.15) is 11.6 Å². The Hall–Kier alpha value is -0.960. The highest BCUT2D eigenvalue weighted by atomic mass is 19.1. The Morgan fingerprint density at radius 3 is 2.75 bits per heavy atom. The van der Waals surface area contributed by atoms with Crippen LogP contribution in [0.3, 0.4) is 0 Å². The van der Waals surface area contributed by atoms with Gasteiger partial charge < -0.3 is 5.32 Å². The lowest BCUT2D eigenvalue weighted by Crippen LogP contribution is -2.28. The first-order valence-corrected chi connectivity index (χ1v) is 7.86. The average molecular weight is 281 g/mol. The van der Waals surface area contributed by atoms with Gasteiger partial charge in [0.25, 0.3) is 0 Å². The molecule has 1 aromatic carbocycles. The minimum atomic E-state index is -0.511. The highest BCUT2D eigenvalue weighted by Crippen LogP contribution is 2.26. The second-order valence-electron chi connectivity index (χ2n) is 5.98. The van der Waals surface area contributed by atoms with Crippen LogP contribution in [-0.2, 0) is 6.54 Å². The zero-order chi connectivity index (χ0) is 14.4. The van der Waals surface area contributed by atoms with E-state index in [2.05, 4.69) is 12.2 Å². The summed E-state index contributed by atoms with van der Waals surface area (Å²) in [6.07, 6.45) is 8.81. The van der Waals surface area contributed by atoms with Gasteiger partial charge in [-0.15, -0.1) is 0 Å². The van der Waals surface area contributed by atoms with Gasteiger partial charge in [0.2, 0.25) is 0 Å². The lowest BCUT2D eigenvalue weighted by atomic mass is 9.95. The molecule has 1 fully saturated rings. The van der Waals surface area contributed by atoms with E-state index in [9.17, 15) is 8.78 Å². The zero-order valence-electron chi connectivity index (χ0n) is 12.3. The second-order valence-corrected chi connectivity index (χ2v) is 5.98. The third-order valence-electron chi connectivity index (χ3n) is 4.38. The molecule has 0 amide bonds. The molecule has 1 aliphatic carbocycles. The van der Waals surface area contributed by atoms with Gasteiger partial charge in [0.05, 0.1) is 0 Å². The molecule has 2 atom stereocenters. The summed E-state index contributed by atoms with van der Waals surface area (Å²) < 4.78 is 26.4. The summed E-state index contributed by atoms with van der Waals surface area (Å²) in [4.78, 5) is 0. The van der Waals surface area contributed by atoms with E-state index in [1.807, 2.05) is 0 Å². The van der Waals surface area contributed by atoms with E-state index < -0.39 is 11.6 Å². The van der Waals surface area contributed by atoms with Crippen LogP contribution in [0.15, 0.2) is 18.2 Å². The van der Waals surface area contributed by atoms with E-state index in [0.29, 0.717) is 18.2 Å². The first-order chi connectivity index (χ1) is 9.69. The smallest absolute Gasteiger partial charge is 0.130 e. The van der Waals surface area contributed by atoms with Gasteiger partial charge in [-0.2, -0.15) is 0 Å². The lowest BCUT2D eigenvalue weighted by molar-refractivity contribution is 0.408. The van der Waals surface area contributed by atoms with Crippen molar-refractivity contribution in [3.63, 3.8) is 0 Å². The summed E-state index contributed by atoms with van der Waals surface area (Å²) in [6.45, 7) is 2.74. The molecular formula is C17H25F2N. The minimum absolute atomic E-state index is 0.449. The van der Waals surface area contributed by atoms with Crippen molar-refractivity contribution in [2.24, 2.45) is 5.92 Å². The SMILES string of the molecule is CCCC1CCCC(NCc2ccc(F)cc2F)CC1. The fourth-order valence-electron chi connectivity index (χ4n) is 3.20. The number of halogens is 2. The number of hydrogen-bond donors (Lipinski definition) is 1. The Labute approximate surface area is 120 Å². The highest BCUT2D eigenvalue weighted by molar-refractivity contribution is 5.18. The summed E-state index contributed by atoms with van der Waals surface area (Å²) in [5, 5.41) is 3.44. The molecule has 0 aliphatic heterocycles. The maximum atomic E-state index is 13.6. The van der Waals surface area contributed by atoms with Crippen molar-refractivity contribution in [1.29, 1.82) is 0 Å². The van der Waals surface area contributed by atoms with Gasteiger partial charge >= 0.3 is 0 Å². The predicted octanol–water partition coefficient (Wildman–Crippen LogP) is 4.80. The van der Waals surface area contributed by atoms with Gasteiger partial charge in [0, 0.05) is 24.2 Å². The van der Waals surface area contributed by atoms with E-state index in [4.69, 9.17) is 0 Å². The first kappa shape index (κ1) is 15.4. The fraction of sp³-hybridized carbons (Fsp3) is 0.647. The van der Waals surface area contributed by atoms with Crippen molar-refractivity contribution in [3.05, 3.63) is 35.4 Å². The molecule has 1 saturated carbocycles. The molecule has 0 bridgehead atoms. The van der Waals surface area contributed by atoms with Gasteiger partial charge in [-0.3, -0.25) is 0 Å². The topological polar surface area (TPSA) is 12.0 Å². The quantitative estimate of drug-likeness (QED) is 0.764. The molecule has 112 valence electrons. The van der Waals surface area contributed by atoms with Crippen molar-refractivity contribution >= 4 is 0 Å². The van der Waals surface area contributed by atoms with Crippen molar-refractivity contribution in [1.82, 2.24) is 5.32 Å². The second kappa shape index (κ2) is 7.72. The van der Waals surface area contributed by atoms with E-state index >= 15 is 0 Å². The maximum absolute atomic E-state index is 13.6. The third kappa shape index (κ3) is 4.55. The Kier molecular flexibility index (Phi) is 5.96. The molecule has 1 N–H and O–H groups in total. The number of rotatable bonds is 5. The van der Waals surface area contributed by atoms with Crippen molar-refractivity contribution in [2.45, 2.75) is 64.5 Å². The largest absolute Gasteiger partial charge is 0.310 e. The monoisotopic (exact) mass is 281 g/mol. The van der Waals surface area contributed by atoms with Crippen LogP contribution in [0.4, 0.5) is 8.78 Å². The lowest BCUT2D eigenvalue weighted by Gasteiger charge is -2.17. The van der Waals surface area contributed by atoms with E-state index in [1.54, 1.807) is 0 Å². The van der Waals surface area contributed by atoms with E-state index in [1.165, 1.54) is 57.1 Å². The van der Waals surface area contributed by atoms with Crippen LogP contribution < -0.4 is 5.32 Å². The molecule has 1 aromatic rings. The van der Waals surface area contributed by atoms with Gasteiger partial charge in [-0.05, 0) is 31.2 Å². The first-order valence-electron chi connectivity index (χ1n) is 7.86. The zero-order valence-corrected chi connectivity index (χ0v) is 12.3. The van der Waals surface area contributed by atoms with Crippen LogP contribution in [0, 0.1) is 17.6 Å². The number of benzene rings is 1. The molecule has 20 heavy (non-hydrogen) atoms. The highest BCUT2D eigenvalue weighted by Gasteiger charge is 2.18. The molecule has 2 rings (SSSR count). The van der Waals surface area contributed by atoms with Crippen LogP contribution in [0.25, 0.3) is 0 Å². The Morgan fingerprint density at radius 2 is 2.00 bits per heavy atom. The van der Waals surface area contributed by atoms with E-state index in [0.717, 1.165) is 12.0 Å². The molecule has 0 saturated heterocycles. The summed E-state index contributed by atoms with van der Waals surface area (Å²) in [6, 6.07) is 4.29. The molecule has 1 aliphatic rings. The van der Waals surface area contributed by atoms with Crippen LogP contribution in [-0.4, -0.2) is 6.04 Å². The molecule has 0 spiro atoms. The minimum Gasteiger partial charge on any atom is -0.310 e. The number of nitrogens with one attached hydrogen (secondary N) is 1. The van der Waals surface area contributed by atoms with Gasteiger partial charge in [-0.1, -0.05) is 38.7 Å². The molecular weight excluding hydrogens is 256 g/mol. The summed E-state index contributed by atoms with van der Waals surface area (Å²) in [5.41, 5.74) is 0.556. The molecule has 3 heteroatoms. The molecule has 1 nitrogen and oxygen atoms in total. The summed E-state index contributed by atoms with van der Waals surface area (Å²) in [5.74, 6) is -0.0903. The van der Waals surface area contributed by atoms with Crippen LogP contribution in [0.2, 0.25) is 0 Å². The molecule has 0 aromatic heterocycles. The summed E-state index contributed by atoms with van der Waals surface area (Å²) in [7, 11) is 0. The fourth-order valence-corrected chi connectivity index (χ4v) is 3.20. The molecule has 0 radical (unpaired) electrons. The Bertz CT molecular complexity index is 419. The Morgan fingerprint density at radius 1 is 1.15 bits per heavy atom. The van der Waals surface area contributed by atoms with Crippen molar-refractivity contribution in [3.8, 4) is 0 Å². The summed E-state index contributed by atoms with van der Waals surface area (Å²) >= 11 is 0. The Balaban J connectivity index is 1.81. The van der Waals surface area contributed by atoms with Crippen LogP contribution in [0.5, 0.6) is 0 Å². The molecule has 2 unspecified atom stereocenters. The average Bonchev–Trinajstić information content (AvgIpc) is 2.64. The molecule has 0 heterocycles. The van der Waals surface area contributed by atoms with Gasteiger partial charge in [0.15, 0.2) is 0 Å². The standard InChI is InChI=1S/C17H25F2N/c1-2-4-13-5-3-6-16(10-7-13)20-12-14-8-9-15(18)11-17(14)19/h8-9,11,13,16,20H,2-7,10,12H2,1H3. The van der Waals surface area contributed by atoms with Crippen LogP contribution in [0.1, 0.15) is 57.4 Å². The van der Waals surface area contributed by atoms with Crippen molar-refractivity contribution < 1.29 is 8.78 Å². The van der Waals surface area contributed by atoms with E-state index in [-0.39, 0.29) is 0 Å². The number of hydrogen-bond acceptors (Lipinski definition) is 1. The predicted molar refractivity (Wildman–Crippen MR) is 78.5 cm³/mol. The normalized spacial score (nSPS) is 23.6. The maximum Gasteiger partial charge on any atom is 0.130 e. The van der Waals surface area contributed by atoms with Gasteiger partial charge in [-0.25, -0.2) is 8.78 Å². The van der Waals surface area contributed by atoms with Crippen LogP contribution >= 0.6 is 0 Å². The van der Waals surface area contributed by atoms with Crippen molar-refractivity contribution in [2.75, 3.05) is 0 Å². The third-order valence-corrected chi connectivity index (χ3v) is 4.38.